The maximum Gasteiger partial charge on any atom is 0.0797 e. The number of ether oxygens (including phenoxy) is 1. The van der Waals surface area contributed by atoms with Crippen molar-refractivity contribution >= 4 is 0 Å². The van der Waals surface area contributed by atoms with E-state index in [0.717, 1.165) is 0 Å². The molecule has 0 aromatic heterocycles. The Morgan fingerprint density at radius 2 is 1.55 bits per heavy atom. The van der Waals surface area contributed by atoms with Crippen molar-refractivity contribution in [3.8, 4) is 0 Å². The lowest BCUT2D eigenvalue weighted by atomic mass is 9.89. The molecule has 0 spiro atoms. The first kappa shape index (κ1) is 7.35. The Balaban J connectivity index is 2.27. The lowest BCUT2D eigenvalue weighted by molar-refractivity contribution is 0.110. The van der Waals surface area contributed by atoms with E-state index in [2.05, 4.69) is 13.8 Å². The van der Waals surface area contributed by atoms with Crippen molar-refractivity contribution in [3.05, 3.63) is 11.1 Å². The Kier molecular flexibility index (Phi) is 1.76. The minimum Gasteiger partial charge on any atom is -0.366 e. The molecule has 2 bridgehead atoms. The first-order valence-corrected chi connectivity index (χ1v) is 4.74. The molecule has 0 aromatic carbocycles. The highest BCUT2D eigenvalue weighted by Crippen LogP contribution is 2.41. The van der Waals surface area contributed by atoms with E-state index in [4.69, 9.17) is 4.74 Å². The molecule has 0 aliphatic carbocycles. The van der Waals surface area contributed by atoms with Gasteiger partial charge in [0, 0.05) is 0 Å². The van der Waals surface area contributed by atoms with Gasteiger partial charge >= 0.3 is 0 Å². The summed E-state index contributed by atoms with van der Waals surface area (Å²) in [5.41, 5.74) is 3.23. The third-order valence-corrected chi connectivity index (χ3v) is 2.97. The van der Waals surface area contributed by atoms with Gasteiger partial charge in [-0.3, -0.25) is 0 Å². The summed E-state index contributed by atoms with van der Waals surface area (Å²) in [5, 5.41) is 0. The third kappa shape index (κ3) is 0.943. The van der Waals surface area contributed by atoms with Crippen molar-refractivity contribution in [1.82, 2.24) is 0 Å². The second kappa shape index (κ2) is 2.63. The molecule has 2 aliphatic heterocycles. The molecule has 0 saturated carbocycles. The van der Waals surface area contributed by atoms with Gasteiger partial charge in [-0.1, -0.05) is 13.8 Å². The Bertz CT molecular complexity index is 173. The van der Waals surface area contributed by atoms with E-state index in [1.54, 1.807) is 11.1 Å². The quantitative estimate of drug-likeness (QED) is 0.553. The average molecular weight is 152 g/mol. The van der Waals surface area contributed by atoms with Crippen molar-refractivity contribution in [2.75, 3.05) is 0 Å². The zero-order valence-electron chi connectivity index (χ0n) is 7.39. The summed E-state index contributed by atoms with van der Waals surface area (Å²) in [6.07, 6.45) is 5.98. The van der Waals surface area contributed by atoms with Crippen LogP contribution in [-0.4, -0.2) is 12.2 Å². The molecule has 0 amide bonds. The predicted octanol–water partition coefficient (Wildman–Crippen LogP) is 2.66. The summed E-state index contributed by atoms with van der Waals surface area (Å²) >= 11 is 0. The third-order valence-electron chi connectivity index (χ3n) is 2.97. The molecule has 62 valence electrons. The van der Waals surface area contributed by atoms with Crippen LogP contribution in [0.1, 0.15) is 39.5 Å². The number of hydrogen-bond acceptors (Lipinski definition) is 1. The topological polar surface area (TPSA) is 9.23 Å². The Hall–Kier alpha value is -0.300. The highest BCUT2D eigenvalue weighted by molar-refractivity contribution is 5.29. The molecule has 0 N–H and O–H groups in total. The first-order valence-electron chi connectivity index (χ1n) is 4.74. The molecular formula is C10H16O. The van der Waals surface area contributed by atoms with E-state index in [1.165, 1.54) is 25.7 Å². The van der Waals surface area contributed by atoms with Crippen LogP contribution in [0.4, 0.5) is 0 Å². The van der Waals surface area contributed by atoms with Gasteiger partial charge in [0.15, 0.2) is 0 Å². The maximum atomic E-state index is 5.81. The van der Waals surface area contributed by atoms with Crippen molar-refractivity contribution in [2.45, 2.75) is 51.7 Å². The Morgan fingerprint density at radius 1 is 1.09 bits per heavy atom. The van der Waals surface area contributed by atoms with E-state index in [1.807, 2.05) is 0 Å². The summed E-state index contributed by atoms with van der Waals surface area (Å²) in [6, 6.07) is 0. The second-order valence-electron chi connectivity index (χ2n) is 3.45. The highest BCUT2D eigenvalue weighted by atomic mass is 16.5. The van der Waals surface area contributed by atoms with Crippen LogP contribution < -0.4 is 0 Å². The average Bonchev–Trinajstić information content (AvgIpc) is 2.60. The predicted molar refractivity (Wildman–Crippen MR) is 45.5 cm³/mol. The zero-order chi connectivity index (χ0) is 7.84. The minimum atomic E-state index is 0.514. The molecule has 2 rings (SSSR count). The van der Waals surface area contributed by atoms with Gasteiger partial charge in [-0.25, -0.2) is 0 Å². The molecule has 2 aliphatic rings. The normalized spacial score (nSPS) is 35.5. The Labute approximate surface area is 68.4 Å². The van der Waals surface area contributed by atoms with Crippen molar-refractivity contribution in [1.29, 1.82) is 0 Å². The van der Waals surface area contributed by atoms with Gasteiger partial charge in [-0.05, 0) is 36.8 Å². The monoisotopic (exact) mass is 152 g/mol. The smallest absolute Gasteiger partial charge is 0.0797 e. The Morgan fingerprint density at radius 3 is 1.91 bits per heavy atom. The fourth-order valence-corrected chi connectivity index (χ4v) is 2.47. The zero-order valence-corrected chi connectivity index (χ0v) is 7.39. The van der Waals surface area contributed by atoms with Crippen LogP contribution in [0.3, 0.4) is 0 Å². The van der Waals surface area contributed by atoms with Gasteiger partial charge in [0.2, 0.25) is 0 Å². The summed E-state index contributed by atoms with van der Waals surface area (Å²) in [7, 11) is 0. The SMILES string of the molecule is CCC1=C(CC)C2CCC1O2. The van der Waals surface area contributed by atoms with Crippen LogP contribution in [0, 0.1) is 0 Å². The largest absolute Gasteiger partial charge is 0.366 e. The van der Waals surface area contributed by atoms with Crippen molar-refractivity contribution in [2.24, 2.45) is 0 Å². The van der Waals surface area contributed by atoms with Crippen LogP contribution in [0.15, 0.2) is 11.1 Å². The molecule has 1 fully saturated rings. The molecule has 2 heterocycles. The van der Waals surface area contributed by atoms with Gasteiger partial charge in [0.05, 0.1) is 12.2 Å². The summed E-state index contributed by atoms with van der Waals surface area (Å²) in [5.74, 6) is 0. The maximum absolute atomic E-state index is 5.81. The van der Waals surface area contributed by atoms with Gasteiger partial charge in [-0.2, -0.15) is 0 Å². The summed E-state index contributed by atoms with van der Waals surface area (Å²) in [4.78, 5) is 0. The lowest BCUT2D eigenvalue weighted by Gasteiger charge is -2.13. The molecule has 2 unspecified atom stereocenters. The van der Waals surface area contributed by atoms with Crippen molar-refractivity contribution in [3.63, 3.8) is 0 Å². The van der Waals surface area contributed by atoms with E-state index in [0.29, 0.717) is 12.2 Å². The second-order valence-corrected chi connectivity index (χ2v) is 3.45. The van der Waals surface area contributed by atoms with Gasteiger partial charge in [-0.15, -0.1) is 0 Å². The van der Waals surface area contributed by atoms with Crippen LogP contribution in [0.5, 0.6) is 0 Å². The molecule has 0 aromatic rings. The van der Waals surface area contributed by atoms with E-state index < -0.39 is 0 Å². The number of hydrogen-bond donors (Lipinski definition) is 0. The van der Waals surface area contributed by atoms with E-state index in [-0.39, 0.29) is 0 Å². The van der Waals surface area contributed by atoms with Crippen LogP contribution in [0.25, 0.3) is 0 Å². The van der Waals surface area contributed by atoms with Crippen LogP contribution in [-0.2, 0) is 4.74 Å². The van der Waals surface area contributed by atoms with Crippen LogP contribution >= 0.6 is 0 Å². The molecule has 0 radical (unpaired) electrons. The fraction of sp³-hybridized carbons (Fsp3) is 0.800. The minimum absolute atomic E-state index is 0.514. The van der Waals surface area contributed by atoms with E-state index in [9.17, 15) is 0 Å². The molecule has 1 nitrogen and oxygen atoms in total. The molecule has 1 heteroatoms. The molecular weight excluding hydrogens is 136 g/mol. The highest BCUT2D eigenvalue weighted by Gasteiger charge is 2.37. The standard InChI is InChI=1S/C10H16O/c1-3-7-8(4-2)10-6-5-9(7)11-10/h9-10H,3-6H2,1-2H3. The lowest BCUT2D eigenvalue weighted by Crippen LogP contribution is -2.07. The van der Waals surface area contributed by atoms with Gasteiger partial charge < -0.3 is 4.74 Å². The van der Waals surface area contributed by atoms with Crippen molar-refractivity contribution < 1.29 is 4.74 Å². The van der Waals surface area contributed by atoms with Crippen LogP contribution in [0.2, 0.25) is 0 Å². The summed E-state index contributed by atoms with van der Waals surface area (Å²) in [6.45, 7) is 4.49. The summed E-state index contributed by atoms with van der Waals surface area (Å²) < 4.78 is 5.81. The molecule has 11 heavy (non-hydrogen) atoms. The fourth-order valence-electron chi connectivity index (χ4n) is 2.47. The van der Waals surface area contributed by atoms with E-state index >= 15 is 0 Å². The first-order chi connectivity index (χ1) is 5.36. The number of fused-ring (bicyclic) bond motifs is 2. The molecule has 2 atom stereocenters. The molecule has 1 saturated heterocycles. The van der Waals surface area contributed by atoms with Gasteiger partial charge in [0.25, 0.3) is 0 Å². The van der Waals surface area contributed by atoms with Gasteiger partial charge in [0.1, 0.15) is 0 Å². The number of rotatable bonds is 2.